The van der Waals surface area contributed by atoms with Crippen LogP contribution in [-0.2, 0) is 14.8 Å². The molecule has 7 heteroatoms. The molecule has 0 saturated carbocycles. The molecule has 1 aromatic carbocycles. The van der Waals surface area contributed by atoms with Gasteiger partial charge in [-0.1, -0.05) is 20.8 Å². The van der Waals surface area contributed by atoms with Gasteiger partial charge in [0.25, 0.3) is 5.91 Å². The molecule has 0 spiro atoms. The van der Waals surface area contributed by atoms with E-state index in [4.69, 9.17) is 4.74 Å². The highest BCUT2D eigenvalue weighted by Crippen LogP contribution is 2.18. The summed E-state index contributed by atoms with van der Waals surface area (Å²) in [4.78, 5) is 14.2. The van der Waals surface area contributed by atoms with E-state index in [1.807, 2.05) is 18.7 Å². The van der Waals surface area contributed by atoms with Gasteiger partial charge in [0, 0.05) is 19.6 Å². The predicted octanol–water partition coefficient (Wildman–Crippen LogP) is 2.26. The van der Waals surface area contributed by atoms with Crippen molar-refractivity contribution in [2.24, 2.45) is 11.8 Å². The summed E-state index contributed by atoms with van der Waals surface area (Å²) in [5.74, 6) is 1.37. The standard InChI is InChI=1S/C18H28N2O4S/c1-14(2)12-19-25(22,23)17-6-4-16(5-7-17)24-13-18(21)20-10-8-15(3)9-11-20/h4-7,14-15,19H,8-13H2,1-3H3. The van der Waals surface area contributed by atoms with E-state index in [9.17, 15) is 13.2 Å². The molecule has 1 fully saturated rings. The first-order valence-corrected chi connectivity index (χ1v) is 10.3. The average Bonchev–Trinajstić information content (AvgIpc) is 2.59. The first-order chi connectivity index (χ1) is 11.8. The summed E-state index contributed by atoms with van der Waals surface area (Å²) in [6.45, 7) is 8.02. The quantitative estimate of drug-likeness (QED) is 0.801. The van der Waals surface area contributed by atoms with E-state index in [-0.39, 0.29) is 23.3 Å². The maximum absolute atomic E-state index is 12.1. The summed E-state index contributed by atoms with van der Waals surface area (Å²) in [5, 5.41) is 0. The van der Waals surface area contributed by atoms with Crippen LogP contribution in [0.5, 0.6) is 5.75 Å². The molecule has 1 aliphatic heterocycles. The molecule has 140 valence electrons. The molecule has 1 saturated heterocycles. The van der Waals surface area contributed by atoms with E-state index in [2.05, 4.69) is 11.6 Å². The van der Waals surface area contributed by atoms with Gasteiger partial charge in [-0.3, -0.25) is 4.79 Å². The van der Waals surface area contributed by atoms with E-state index in [0.29, 0.717) is 18.2 Å². The van der Waals surface area contributed by atoms with Gasteiger partial charge in [0.15, 0.2) is 6.61 Å². The number of amides is 1. The third-order valence-electron chi connectivity index (χ3n) is 4.31. The zero-order valence-electron chi connectivity index (χ0n) is 15.2. The first-order valence-electron chi connectivity index (χ1n) is 8.78. The maximum Gasteiger partial charge on any atom is 0.260 e. The van der Waals surface area contributed by atoms with Crippen LogP contribution < -0.4 is 9.46 Å². The van der Waals surface area contributed by atoms with Gasteiger partial charge in [0.1, 0.15) is 5.75 Å². The molecule has 1 amide bonds. The fraction of sp³-hybridized carbons (Fsp3) is 0.611. The lowest BCUT2D eigenvalue weighted by atomic mass is 9.99. The molecule has 25 heavy (non-hydrogen) atoms. The highest BCUT2D eigenvalue weighted by Gasteiger charge is 2.20. The Balaban J connectivity index is 1.87. The first kappa shape index (κ1) is 19.7. The average molecular weight is 368 g/mol. The van der Waals surface area contributed by atoms with Gasteiger partial charge < -0.3 is 9.64 Å². The number of ether oxygens (including phenoxy) is 1. The molecule has 1 aromatic rings. The Labute approximate surface area is 150 Å². The van der Waals surface area contributed by atoms with Crippen LogP contribution in [0.1, 0.15) is 33.6 Å². The fourth-order valence-electron chi connectivity index (χ4n) is 2.57. The minimum Gasteiger partial charge on any atom is -0.484 e. The van der Waals surface area contributed by atoms with Crippen molar-refractivity contribution in [2.45, 2.75) is 38.5 Å². The van der Waals surface area contributed by atoms with Gasteiger partial charge >= 0.3 is 0 Å². The van der Waals surface area contributed by atoms with Gasteiger partial charge in [0.05, 0.1) is 4.90 Å². The smallest absolute Gasteiger partial charge is 0.260 e. The Morgan fingerprint density at radius 2 is 1.84 bits per heavy atom. The predicted molar refractivity (Wildman–Crippen MR) is 96.9 cm³/mol. The van der Waals surface area contributed by atoms with Gasteiger partial charge in [-0.05, 0) is 48.9 Å². The van der Waals surface area contributed by atoms with Crippen molar-refractivity contribution >= 4 is 15.9 Å². The molecule has 6 nitrogen and oxygen atoms in total. The van der Waals surface area contributed by atoms with Crippen molar-refractivity contribution < 1.29 is 17.9 Å². The normalized spacial score (nSPS) is 16.2. The third kappa shape index (κ3) is 6.01. The lowest BCUT2D eigenvalue weighted by Crippen LogP contribution is -2.40. The molecular formula is C18H28N2O4S. The van der Waals surface area contributed by atoms with Crippen molar-refractivity contribution in [3.63, 3.8) is 0 Å². The molecular weight excluding hydrogens is 340 g/mol. The molecule has 1 heterocycles. The molecule has 0 atom stereocenters. The molecule has 1 N–H and O–H groups in total. The van der Waals surface area contributed by atoms with Crippen molar-refractivity contribution in [1.29, 1.82) is 0 Å². The Morgan fingerprint density at radius 3 is 2.40 bits per heavy atom. The van der Waals surface area contributed by atoms with Crippen molar-refractivity contribution in [3.05, 3.63) is 24.3 Å². The SMILES string of the molecule is CC(C)CNS(=O)(=O)c1ccc(OCC(=O)N2CCC(C)CC2)cc1. The Kier molecular flexibility index (Phi) is 6.84. The fourth-order valence-corrected chi connectivity index (χ4v) is 3.78. The third-order valence-corrected chi connectivity index (χ3v) is 5.75. The zero-order valence-corrected chi connectivity index (χ0v) is 16.0. The molecule has 0 radical (unpaired) electrons. The van der Waals surface area contributed by atoms with E-state index < -0.39 is 10.0 Å². The summed E-state index contributed by atoms with van der Waals surface area (Å²) < 4.78 is 32.3. The highest BCUT2D eigenvalue weighted by atomic mass is 32.2. The second-order valence-corrected chi connectivity index (χ2v) is 8.84. The van der Waals surface area contributed by atoms with Crippen LogP contribution >= 0.6 is 0 Å². The van der Waals surface area contributed by atoms with E-state index >= 15 is 0 Å². The number of rotatable bonds is 7. The number of hydrogen-bond donors (Lipinski definition) is 1. The van der Waals surface area contributed by atoms with Crippen molar-refractivity contribution in [2.75, 3.05) is 26.2 Å². The maximum atomic E-state index is 12.1. The Morgan fingerprint density at radius 1 is 1.24 bits per heavy atom. The summed E-state index contributed by atoms with van der Waals surface area (Å²) in [6, 6.07) is 6.14. The van der Waals surface area contributed by atoms with Crippen LogP contribution in [0, 0.1) is 11.8 Å². The van der Waals surface area contributed by atoms with Crippen molar-refractivity contribution in [1.82, 2.24) is 9.62 Å². The number of nitrogens with zero attached hydrogens (tertiary/aromatic N) is 1. The van der Waals surface area contributed by atoms with Crippen LogP contribution in [0.3, 0.4) is 0 Å². The van der Waals surface area contributed by atoms with Crippen molar-refractivity contribution in [3.8, 4) is 5.75 Å². The Hall–Kier alpha value is -1.60. The van der Waals surface area contributed by atoms with Gasteiger partial charge in [-0.25, -0.2) is 13.1 Å². The number of hydrogen-bond acceptors (Lipinski definition) is 4. The van der Waals surface area contributed by atoms with Gasteiger partial charge in [-0.15, -0.1) is 0 Å². The Bertz CT molecular complexity index is 663. The summed E-state index contributed by atoms with van der Waals surface area (Å²) in [6.07, 6.45) is 2.06. The van der Waals surface area contributed by atoms with E-state index in [1.54, 1.807) is 12.1 Å². The minimum atomic E-state index is -3.51. The lowest BCUT2D eigenvalue weighted by Gasteiger charge is -2.30. The highest BCUT2D eigenvalue weighted by molar-refractivity contribution is 7.89. The number of likely N-dealkylation sites (tertiary alicyclic amines) is 1. The van der Waals surface area contributed by atoms with E-state index in [0.717, 1.165) is 25.9 Å². The van der Waals surface area contributed by atoms with E-state index in [1.165, 1.54) is 12.1 Å². The molecule has 0 unspecified atom stereocenters. The monoisotopic (exact) mass is 368 g/mol. The second-order valence-electron chi connectivity index (χ2n) is 7.07. The van der Waals surface area contributed by atoms with Crippen LogP contribution in [-0.4, -0.2) is 45.5 Å². The number of carbonyl (C=O) groups excluding carboxylic acids is 1. The van der Waals surface area contributed by atoms with Crippen LogP contribution in [0.2, 0.25) is 0 Å². The van der Waals surface area contributed by atoms with Crippen LogP contribution in [0.4, 0.5) is 0 Å². The number of benzene rings is 1. The second kappa shape index (κ2) is 8.67. The lowest BCUT2D eigenvalue weighted by molar-refractivity contribution is -0.134. The number of sulfonamides is 1. The molecule has 1 aliphatic rings. The number of carbonyl (C=O) groups is 1. The largest absolute Gasteiger partial charge is 0.484 e. The molecule has 0 aromatic heterocycles. The zero-order chi connectivity index (χ0) is 18.4. The van der Waals surface area contributed by atoms with Crippen LogP contribution in [0.15, 0.2) is 29.2 Å². The summed E-state index contributed by atoms with van der Waals surface area (Å²) >= 11 is 0. The van der Waals surface area contributed by atoms with Crippen LogP contribution in [0.25, 0.3) is 0 Å². The molecule has 0 bridgehead atoms. The van der Waals surface area contributed by atoms with Gasteiger partial charge in [-0.2, -0.15) is 0 Å². The molecule has 0 aliphatic carbocycles. The topological polar surface area (TPSA) is 75.7 Å². The number of nitrogens with one attached hydrogen (secondary N) is 1. The summed E-state index contributed by atoms with van der Waals surface area (Å²) in [7, 11) is -3.51. The van der Waals surface area contributed by atoms with Gasteiger partial charge in [0.2, 0.25) is 10.0 Å². The summed E-state index contributed by atoms with van der Waals surface area (Å²) in [5.41, 5.74) is 0. The molecule has 2 rings (SSSR count). The number of piperidine rings is 1. The minimum absolute atomic E-state index is 0.0217.